The number of rotatable bonds is 4. The predicted molar refractivity (Wildman–Crippen MR) is 74.4 cm³/mol. The van der Waals surface area contributed by atoms with E-state index < -0.39 is 0 Å². The van der Waals surface area contributed by atoms with Gasteiger partial charge in [-0.05, 0) is 31.2 Å². The van der Waals surface area contributed by atoms with Crippen molar-refractivity contribution >= 4 is 0 Å². The highest BCUT2D eigenvalue weighted by Gasteiger charge is 2.38. The van der Waals surface area contributed by atoms with Crippen molar-refractivity contribution in [3.63, 3.8) is 0 Å². The standard InChI is InChI=1S/C15H24N2O/c1-11-6-7-13(18-3)12(10-11)14(17-16)15(2)8-4-5-9-15/h6-7,10,14,17H,4-5,8-9,16H2,1-3H3. The fourth-order valence-electron chi connectivity index (χ4n) is 3.22. The van der Waals surface area contributed by atoms with Gasteiger partial charge in [0.2, 0.25) is 0 Å². The summed E-state index contributed by atoms with van der Waals surface area (Å²) in [5.74, 6) is 6.77. The Balaban J connectivity index is 2.40. The van der Waals surface area contributed by atoms with Crippen molar-refractivity contribution in [3.05, 3.63) is 29.3 Å². The summed E-state index contributed by atoms with van der Waals surface area (Å²) in [4.78, 5) is 0. The highest BCUT2D eigenvalue weighted by atomic mass is 16.5. The quantitative estimate of drug-likeness (QED) is 0.636. The maximum Gasteiger partial charge on any atom is 0.123 e. The van der Waals surface area contributed by atoms with Gasteiger partial charge in [0, 0.05) is 5.56 Å². The number of aryl methyl sites for hydroxylation is 1. The van der Waals surface area contributed by atoms with Crippen LogP contribution in [0.15, 0.2) is 18.2 Å². The van der Waals surface area contributed by atoms with Crippen LogP contribution >= 0.6 is 0 Å². The second-order valence-corrected chi connectivity index (χ2v) is 5.71. The molecule has 1 fully saturated rings. The van der Waals surface area contributed by atoms with E-state index in [2.05, 4.69) is 31.4 Å². The Morgan fingerprint density at radius 1 is 1.33 bits per heavy atom. The van der Waals surface area contributed by atoms with Gasteiger partial charge in [0.05, 0.1) is 13.2 Å². The molecule has 3 nitrogen and oxygen atoms in total. The third-order valence-corrected chi connectivity index (χ3v) is 4.31. The Bertz CT molecular complexity index is 411. The minimum absolute atomic E-state index is 0.162. The molecule has 3 N–H and O–H groups in total. The average molecular weight is 248 g/mol. The van der Waals surface area contributed by atoms with E-state index in [9.17, 15) is 0 Å². The van der Waals surface area contributed by atoms with Gasteiger partial charge in [0.25, 0.3) is 0 Å². The Morgan fingerprint density at radius 3 is 2.56 bits per heavy atom. The number of benzene rings is 1. The number of ether oxygens (including phenoxy) is 1. The maximum absolute atomic E-state index is 5.84. The molecular formula is C15H24N2O. The first-order chi connectivity index (χ1) is 8.60. The van der Waals surface area contributed by atoms with Crippen LogP contribution in [0.3, 0.4) is 0 Å². The highest BCUT2D eigenvalue weighted by Crippen LogP contribution is 2.48. The molecule has 1 aliphatic rings. The lowest BCUT2D eigenvalue weighted by molar-refractivity contribution is 0.220. The summed E-state index contributed by atoms with van der Waals surface area (Å²) in [6.07, 6.45) is 5.03. The number of nitrogens with one attached hydrogen (secondary N) is 1. The molecule has 0 spiro atoms. The van der Waals surface area contributed by atoms with Gasteiger partial charge >= 0.3 is 0 Å². The van der Waals surface area contributed by atoms with E-state index in [-0.39, 0.29) is 11.5 Å². The molecule has 2 rings (SSSR count). The first-order valence-electron chi connectivity index (χ1n) is 6.71. The predicted octanol–water partition coefficient (Wildman–Crippen LogP) is 3.09. The van der Waals surface area contributed by atoms with Gasteiger partial charge in [-0.3, -0.25) is 11.3 Å². The van der Waals surface area contributed by atoms with Gasteiger partial charge in [-0.1, -0.05) is 37.5 Å². The molecule has 1 aromatic rings. The minimum Gasteiger partial charge on any atom is -0.496 e. The topological polar surface area (TPSA) is 47.3 Å². The van der Waals surface area contributed by atoms with Crippen LogP contribution in [0.1, 0.15) is 49.8 Å². The Labute approximate surface area is 110 Å². The normalized spacial score (nSPS) is 19.8. The average Bonchev–Trinajstić information content (AvgIpc) is 2.78. The minimum atomic E-state index is 0.162. The van der Waals surface area contributed by atoms with Gasteiger partial charge in [0.15, 0.2) is 0 Å². The molecule has 0 aromatic heterocycles. The maximum atomic E-state index is 5.84. The summed E-state index contributed by atoms with van der Waals surface area (Å²) in [5, 5.41) is 0. The largest absolute Gasteiger partial charge is 0.496 e. The molecule has 0 amide bonds. The molecule has 3 heteroatoms. The molecule has 100 valence electrons. The number of hydrazine groups is 1. The van der Waals surface area contributed by atoms with Crippen LogP contribution < -0.4 is 16.0 Å². The van der Waals surface area contributed by atoms with Crippen LogP contribution in [0.25, 0.3) is 0 Å². The van der Waals surface area contributed by atoms with Crippen LogP contribution in [-0.2, 0) is 0 Å². The lowest BCUT2D eigenvalue weighted by atomic mass is 9.77. The molecule has 18 heavy (non-hydrogen) atoms. The zero-order valence-corrected chi connectivity index (χ0v) is 11.6. The van der Waals surface area contributed by atoms with Gasteiger partial charge < -0.3 is 4.74 Å². The monoisotopic (exact) mass is 248 g/mol. The van der Waals surface area contributed by atoms with E-state index in [4.69, 9.17) is 10.6 Å². The zero-order valence-electron chi connectivity index (χ0n) is 11.6. The van der Waals surface area contributed by atoms with Crippen molar-refractivity contribution in [2.45, 2.75) is 45.6 Å². The molecule has 1 aliphatic carbocycles. The fraction of sp³-hybridized carbons (Fsp3) is 0.600. The fourth-order valence-corrected chi connectivity index (χ4v) is 3.22. The summed E-state index contributed by atoms with van der Waals surface area (Å²) in [6, 6.07) is 6.46. The molecule has 0 saturated heterocycles. The first kappa shape index (κ1) is 13.4. The summed E-state index contributed by atoms with van der Waals surface area (Å²) in [6.45, 7) is 4.43. The van der Waals surface area contributed by atoms with Crippen LogP contribution in [0.2, 0.25) is 0 Å². The third-order valence-electron chi connectivity index (χ3n) is 4.31. The Kier molecular flexibility index (Phi) is 3.93. The van der Waals surface area contributed by atoms with Gasteiger partial charge in [0.1, 0.15) is 5.75 Å². The van der Waals surface area contributed by atoms with Crippen molar-refractivity contribution in [1.29, 1.82) is 0 Å². The molecule has 1 unspecified atom stereocenters. The lowest BCUT2D eigenvalue weighted by Crippen LogP contribution is -2.38. The number of hydrogen-bond donors (Lipinski definition) is 2. The van der Waals surface area contributed by atoms with Crippen LogP contribution in [0.5, 0.6) is 5.75 Å². The van der Waals surface area contributed by atoms with Crippen LogP contribution in [0, 0.1) is 12.3 Å². The molecule has 0 bridgehead atoms. The molecule has 0 radical (unpaired) electrons. The van der Waals surface area contributed by atoms with Crippen molar-refractivity contribution < 1.29 is 4.74 Å². The van der Waals surface area contributed by atoms with E-state index >= 15 is 0 Å². The van der Waals surface area contributed by atoms with Gasteiger partial charge in [-0.15, -0.1) is 0 Å². The second-order valence-electron chi connectivity index (χ2n) is 5.71. The molecule has 0 heterocycles. The van der Waals surface area contributed by atoms with E-state index in [0.29, 0.717) is 0 Å². The first-order valence-corrected chi connectivity index (χ1v) is 6.71. The Hall–Kier alpha value is -1.06. The summed E-state index contributed by atoms with van der Waals surface area (Å²) in [5.41, 5.74) is 5.68. The van der Waals surface area contributed by atoms with E-state index in [0.717, 1.165) is 5.75 Å². The summed E-state index contributed by atoms with van der Waals surface area (Å²) in [7, 11) is 1.72. The summed E-state index contributed by atoms with van der Waals surface area (Å²) < 4.78 is 5.49. The summed E-state index contributed by atoms with van der Waals surface area (Å²) >= 11 is 0. The molecule has 1 saturated carbocycles. The molecule has 1 atom stereocenters. The van der Waals surface area contributed by atoms with E-state index in [1.54, 1.807) is 7.11 Å². The van der Waals surface area contributed by atoms with Gasteiger partial charge in [-0.25, -0.2) is 0 Å². The SMILES string of the molecule is COc1ccc(C)cc1C(NN)C1(C)CCCC1. The van der Waals surface area contributed by atoms with Crippen LogP contribution in [-0.4, -0.2) is 7.11 Å². The van der Waals surface area contributed by atoms with Gasteiger partial charge in [-0.2, -0.15) is 0 Å². The molecule has 1 aromatic carbocycles. The lowest BCUT2D eigenvalue weighted by Gasteiger charge is -2.34. The smallest absolute Gasteiger partial charge is 0.123 e. The number of methoxy groups -OCH3 is 1. The molecular weight excluding hydrogens is 224 g/mol. The van der Waals surface area contributed by atoms with E-state index in [1.165, 1.54) is 36.8 Å². The van der Waals surface area contributed by atoms with Crippen molar-refractivity contribution in [1.82, 2.24) is 5.43 Å². The highest BCUT2D eigenvalue weighted by molar-refractivity contribution is 5.40. The number of nitrogens with two attached hydrogens (primary N) is 1. The van der Waals surface area contributed by atoms with Crippen LogP contribution in [0.4, 0.5) is 0 Å². The van der Waals surface area contributed by atoms with Crippen molar-refractivity contribution in [2.75, 3.05) is 7.11 Å². The second kappa shape index (κ2) is 5.29. The Morgan fingerprint density at radius 2 is 2.00 bits per heavy atom. The number of hydrogen-bond acceptors (Lipinski definition) is 3. The van der Waals surface area contributed by atoms with E-state index in [1.807, 2.05) is 6.07 Å². The zero-order chi connectivity index (χ0) is 13.2. The third kappa shape index (κ3) is 2.38. The van der Waals surface area contributed by atoms with Crippen molar-refractivity contribution in [2.24, 2.45) is 11.3 Å². The van der Waals surface area contributed by atoms with Crippen molar-refractivity contribution in [3.8, 4) is 5.75 Å². The molecule has 0 aliphatic heterocycles.